The van der Waals surface area contributed by atoms with Crippen LogP contribution in [0.4, 0.5) is 11.4 Å². The van der Waals surface area contributed by atoms with Crippen molar-refractivity contribution in [2.45, 2.75) is 6.54 Å². The molecule has 1 amide bonds. The summed E-state index contributed by atoms with van der Waals surface area (Å²) in [5, 5.41) is 3.70. The van der Waals surface area contributed by atoms with Crippen molar-refractivity contribution in [3.8, 4) is 0 Å². The van der Waals surface area contributed by atoms with Gasteiger partial charge in [0.25, 0.3) is 5.91 Å². The number of carbonyl (C=O) groups is 1. The Hall–Kier alpha value is -3.93. The van der Waals surface area contributed by atoms with Gasteiger partial charge in [-0.3, -0.25) is 9.36 Å². The average Bonchev–Trinajstić information content (AvgIpc) is 2.72. The van der Waals surface area contributed by atoms with E-state index in [0.717, 1.165) is 16.5 Å². The van der Waals surface area contributed by atoms with E-state index in [1.807, 2.05) is 48.5 Å². The number of amides is 1. The topological polar surface area (TPSA) is 90.0 Å². The third-order valence-corrected chi connectivity index (χ3v) is 4.54. The zero-order valence-electron chi connectivity index (χ0n) is 15.0. The van der Waals surface area contributed by atoms with Gasteiger partial charge in [-0.25, -0.2) is 9.78 Å². The van der Waals surface area contributed by atoms with E-state index < -0.39 is 0 Å². The van der Waals surface area contributed by atoms with Gasteiger partial charge in [-0.1, -0.05) is 42.5 Å². The molecule has 0 aliphatic carbocycles. The lowest BCUT2D eigenvalue weighted by atomic mass is 10.1. The Bertz CT molecular complexity index is 1210. The first-order chi connectivity index (χ1) is 13.6. The largest absolute Gasteiger partial charge is 0.397 e. The van der Waals surface area contributed by atoms with Crippen LogP contribution in [0.25, 0.3) is 10.9 Å². The highest BCUT2D eigenvalue weighted by Gasteiger charge is 2.09. The minimum Gasteiger partial charge on any atom is -0.397 e. The first-order valence-electron chi connectivity index (χ1n) is 8.81. The summed E-state index contributed by atoms with van der Waals surface area (Å²) >= 11 is 0. The van der Waals surface area contributed by atoms with Crippen LogP contribution >= 0.6 is 0 Å². The van der Waals surface area contributed by atoms with Crippen molar-refractivity contribution in [3.63, 3.8) is 0 Å². The summed E-state index contributed by atoms with van der Waals surface area (Å²) < 4.78 is 1.62. The molecule has 4 aromatic rings. The number of fused-ring (bicyclic) bond motifs is 1. The molecule has 6 nitrogen and oxygen atoms in total. The van der Waals surface area contributed by atoms with Crippen LogP contribution in [0.15, 0.2) is 83.8 Å². The van der Waals surface area contributed by atoms with Crippen molar-refractivity contribution < 1.29 is 4.79 Å². The maximum Gasteiger partial charge on any atom is 0.348 e. The number of nitrogens with zero attached hydrogens (tertiary/aromatic N) is 2. The molecule has 6 heteroatoms. The lowest BCUT2D eigenvalue weighted by molar-refractivity contribution is 0.102. The highest BCUT2D eigenvalue weighted by Crippen LogP contribution is 2.18. The van der Waals surface area contributed by atoms with Crippen LogP contribution in [-0.4, -0.2) is 15.5 Å². The van der Waals surface area contributed by atoms with Crippen LogP contribution < -0.4 is 16.7 Å². The second-order valence-corrected chi connectivity index (χ2v) is 6.42. The number of nitrogens with two attached hydrogens (primary N) is 1. The van der Waals surface area contributed by atoms with Crippen LogP contribution in [0, 0.1) is 0 Å². The monoisotopic (exact) mass is 370 g/mol. The Kier molecular flexibility index (Phi) is 4.60. The van der Waals surface area contributed by atoms with Gasteiger partial charge in [-0.15, -0.1) is 0 Å². The highest BCUT2D eigenvalue weighted by molar-refractivity contribution is 6.05. The van der Waals surface area contributed by atoms with Crippen LogP contribution in [0.1, 0.15) is 15.9 Å². The number of nitrogen functional groups attached to an aromatic ring is 1. The van der Waals surface area contributed by atoms with Crippen LogP contribution in [0.3, 0.4) is 0 Å². The van der Waals surface area contributed by atoms with E-state index in [4.69, 9.17) is 5.73 Å². The van der Waals surface area contributed by atoms with Gasteiger partial charge < -0.3 is 11.1 Å². The average molecular weight is 370 g/mol. The number of carbonyl (C=O) groups excluding carboxylic acids is 1. The zero-order valence-corrected chi connectivity index (χ0v) is 15.0. The Morgan fingerprint density at radius 3 is 2.46 bits per heavy atom. The number of nitrogens with one attached hydrogen (secondary N) is 1. The minimum absolute atomic E-state index is 0.242. The van der Waals surface area contributed by atoms with Crippen LogP contribution in [0.5, 0.6) is 0 Å². The van der Waals surface area contributed by atoms with E-state index in [2.05, 4.69) is 10.3 Å². The molecule has 0 saturated heterocycles. The van der Waals surface area contributed by atoms with E-state index in [-0.39, 0.29) is 11.6 Å². The number of anilines is 2. The summed E-state index contributed by atoms with van der Waals surface area (Å²) in [6.45, 7) is 0.376. The molecular weight excluding hydrogens is 352 g/mol. The molecule has 0 bridgehead atoms. The van der Waals surface area contributed by atoms with Gasteiger partial charge in [-0.05, 0) is 35.9 Å². The summed E-state index contributed by atoms with van der Waals surface area (Å²) in [4.78, 5) is 28.6. The number of hydrogen-bond donors (Lipinski definition) is 2. The molecule has 3 aromatic carbocycles. The maximum absolute atomic E-state index is 12.4. The predicted molar refractivity (Wildman–Crippen MR) is 110 cm³/mol. The molecule has 138 valence electrons. The Morgan fingerprint density at radius 2 is 1.68 bits per heavy atom. The highest BCUT2D eigenvalue weighted by atomic mass is 16.2. The van der Waals surface area contributed by atoms with Gasteiger partial charge in [0.2, 0.25) is 0 Å². The Morgan fingerprint density at radius 1 is 0.964 bits per heavy atom. The fraction of sp³-hybridized carbons (Fsp3) is 0.0455. The van der Waals surface area contributed by atoms with Gasteiger partial charge in [0.15, 0.2) is 0 Å². The van der Waals surface area contributed by atoms with Gasteiger partial charge in [0.05, 0.1) is 23.4 Å². The summed E-state index contributed by atoms with van der Waals surface area (Å²) in [6, 6.07) is 21.8. The second-order valence-electron chi connectivity index (χ2n) is 6.42. The normalized spacial score (nSPS) is 10.7. The van der Waals surface area contributed by atoms with Gasteiger partial charge in [0, 0.05) is 17.1 Å². The molecule has 1 aromatic heterocycles. The van der Waals surface area contributed by atoms with Crippen molar-refractivity contribution in [2.75, 3.05) is 11.1 Å². The Labute approximate surface area is 161 Å². The Balaban J connectivity index is 1.56. The quantitative estimate of drug-likeness (QED) is 0.540. The fourth-order valence-corrected chi connectivity index (χ4v) is 3.04. The zero-order chi connectivity index (χ0) is 19.5. The lowest BCUT2D eigenvalue weighted by Gasteiger charge is -2.11. The molecule has 0 saturated carbocycles. The van der Waals surface area contributed by atoms with E-state index >= 15 is 0 Å². The molecule has 0 spiro atoms. The number of para-hydroxylation sites is 3. The number of aromatic nitrogens is 2. The molecule has 0 fully saturated rings. The van der Waals surface area contributed by atoms with Crippen molar-refractivity contribution in [3.05, 3.63) is 101 Å². The van der Waals surface area contributed by atoms with E-state index in [9.17, 15) is 9.59 Å². The number of benzene rings is 3. The molecular formula is C22H18N4O2. The molecule has 0 radical (unpaired) electrons. The molecule has 4 rings (SSSR count). The van der Waals surface area contributed by atoms with Crippen molar-refractivity contribution in [2.24, 2.45) is 0 Å². The second kappa shape index (κ2) is 7.36. The molecule has 0 aliphatic heterocycles. The summed E-state index contributed by atoms with van der Waals surface area (Å²) in [7, 11) is 0. The standard InChI is InChI=1S/C22H18N4O2/c23-18-6-2-3-7-19(18)25-21(27)16-11-9-15(10-12-16)14-26-20-8-4-1-5-17(20)13-24-22(26)28/h1-13H,14,23H2,(H,25,27). The fourth-order valence-electron chi connectivity index (χ4n) is 3.04. The van der Waals surface area contributed by atoms with Crippen LogP contribution in [-0.2, 0) is 6.54 Å². The molecule has 3 N–H and O–H groups in total. The van der Waals surface area contributed by atoms with Crippen LogP contribution in [0.2, 0.25) is 0 Å². The number of rotatable bonds is 4. The van der Waals surface area contributed by atoms with Crippen molar-refractivity contribution in [1.29, 1.82) is 0 Å². The van der Waals surface area contributed by atoms with Crippen molar-refractivity contribution in [1.82, 2.24) is 9.55 Å². The third kappa shape index (κ3) is 3.48. The third-order valence-electron chi connectivity index (χ3n) is 4.54. The molecule has 0 unspecified atom stereocenters. The summed E-state index contributed by atoms with van der Waals surface area (Å²) in [5.41, 5.74) is 8.87. The summed E-state index contributed by atoms with van der Waals surface area (Å²) in [6.07, 6.45) is 1.58. The molecule has 0 atom stereocenters. The predicted octanol–water partition coefficient (Wildman–Crippen LogP) is 3.28. The summed E-state index contributed by atoms with van der Waals surface area (Å²) in [5.74, 6) is -0.242. The lowest BCUT2D eigenvalue weighted by Crippen LogP contribution is -2.23. The van der Waals surface area contributed by atoms with E-state index in [1.165, 1.54) is 0 Å². The molecule has 0 aliphatic rings. The molecule has 1 heterocycles. The van der Waals surface area contributed by atoms with Gasteiger partial charge in [0.1, 0.15) is 0 Å². The number of hydrogen-bond acceptors (Lipinski definition) is 4. The van der Waals surface area contributed by atoms with Crippen molar-refractivity contribution >= 4 is 28.2 Å². The molecule has 28 heavy (non-hydrogen) atoms. The van der Waals surface area contributed by atoms with E-state index in [0.29, 0.717) is 23.5 Å². The van der Waals surface area contributed by atoms with Gasteiger partial charge >= 0.3 is 5.69 Å². The van der Waals surface area contributed by atoms with E-state index in [1.54, 1.807) is 35.0 Å². The first-order valence-corrected chi connectivity index (χ1v) is 8.81. The minimum atomic E-state index is -0.305. The van der Waals surface area contributed by atoms with Gasteiger partial charge in [-0.2, -0.15) is 0 Å². The smallest absolute Gasteiger partial charge is 0.348 e. The first kappa shape index (κ1) is 17.5. The SMILES string of the molecule is Nc1ccccc1NC(=O)c1ccc(Cn2c(=O)ncc3ccccc32)cc1. The maximum atomic E-state index is 12.4.